The lowest BCUT2D eigenvalue weighted by Crippen LogP contribution is -2.27. The Kier molecular flexibility index (Phi) is 5.43. The summed E-state index contributed by atoms with van der Waals surface area (Å²) in [6.07, 6.45) is -4.26. The molecule has 0 saturated carbocycles. The smallest absolute Gasteiger partial charge is 0.352 e. The molecule has 0 spiro atoms. The Morgan fingerprint density at radius 3 is 2.38 bits per heavy atom. The average molecular weight is 338 g/mol. The molecule has 2 aromatic rings. The number of nitrogens with zero attached hydrogens (tertiary/aromatic N) is 1. The van der Waals surface area contributed by atoms with Crippen molar-refractivity contribution in [2.45, 2.75) is 32.6 Å². The summed E-state index contributed by atoms with van der Waals surface area (Å²) in [6, 6.07) is 9.47. The first kappa shape index (κ1) is 17.8. The molecule has 24 heavy (non-hydrogen) atoms. The van der Waals surface area contributed by atoms with Crippen molar-refractivity contribution in [2.75, 3.05) is 0 Å². The van der Waals surface area contributed by atoms with Gasteiger partial charge >= 0.3 is 6.18 Å². The van der Waals surface area contributed by atoms with Crippen LogP contribution >= 0.6 is 0 Å². The molecule has 0 unspecified atom stereocenters. The molecule has 1 N–H and O–H groups in total. The second-order valence-electron chi connectivity index (χ2n) is 5.38. The molecule has 1 heterocycles. The number of hydrogen-bond acceptors (Lipinski definition) is 2. The van der Waals surface area contributed by atoms with Crippen LogP contribution in [0.3, 0.4) is 0 Å². The molecular formula is C17H17F3N2O2. The minimum absolute atomic E-state index is 0.116. The molecule has 128 valence electrons. The Bertz CT molecular complexity index is 765. The molecule has 2 rings (SSSR count). The van der Waals surface area contributed by atoms with Crippen molar-refractivity contribution in [1.29, 1.82) is 0 Å². The molecule has 1 aromatic heterocycles. The number of pyridine rings is 1. The molecule has 0 bridgehead atoms. The maximum absolute atomic E-state index is 12.5. The van der Waals surface area contributed by atoms with E-state index in [1.54, 1.807) is 19.1 Å². The molecular weight excluding hydrogens is 321 g/mol. The van der Waals surface area contributed by atoms with Crippen LogP contribution in [0.1, 0.15) is 23.2 Å². The number of aryl methyl sites for hydroxylation is 1. The van der Waals surface area contributed by atoms with E-state index in [0.29, 0.717) is 5.56 Å². The van der Waals surface area contributed by atoms with E-state index in [9.17, 15) is 22.8 Å². The van der Waals surface area contributed by atoms with Gasteiger partial charge in [-0.1, -0.05) is 18.2 Å². The van der Waals surface area contributed by atoms with Gasteiger partial charge in [0.1, 0.15) is 0 Å². The highest BCUT2D eigenvalue weighted by atomic mass is 19.4. The molecule has 0 saturated heterocycles. The van der Waals surface area contributed by atoms with Gasteiger partial charge in [-0.2, -0.15) is 13.2 Å². The fourth-order valence-corrected chi connectivity index (χ4v) is 2.22. The van der Waals surface area contributed by atoms with Gasteiger partial charge < -0.3 is 9.88 Å². The third-order valence-electron chi connectivity index (χ3n) is 3.60. The number of rotatable bonds is 5. The maximum atomic E-state index is 12.5. The monoisotopic (exact) mass is 338 g/mol. The Balaban J connectivity index is 1.86. The zero-order chi connectivity index (χ0) is 17.7. The van der Waals surface area contributed by atoms with Crippen LogP contribution in [0.4, 0.5) is 13.2 Å². The number of aromatic nitrogens is 1. The van der Waals surface area contributed by atoms with Crippen LogP contribution in [0, 0.1) is 6.92 Å². The van der Waals surface area contributed by atoms with E-state index in [1.807, 2.05) is 0 Å². The molecule has 0 aliphatic heterocycles. The zero-order valence-corrected chi connectivity index (χ0v) is 13.1. The van der Waals surface area contributed by atoms with Crippen LogP contribution in [-0.2, 0) is 24.1 Å². The molecule has 1 aromatic carbocycles. The van der Waals surface area contributed by atoms with Gasteiger partial charge in [0.05, 0.1) is 5.56 Å². The van der Waals surface area contributed by atoms with Crippen molar-refractivity contribution in [3.8, 4) is 0 Å². The standard InChI is InChI=1S/C17H17F3N2O2/c1-12-3-2-4-16(24)22(12)10-9-15(23)21-11-13-5-7-14(8-6-13)17(18,19)20/h2-8H,9-11H2,1H3,(H,21,23). The topological polar surface area (TPSA) is 51.1 Å². The van der Waals surface area contributed by atoms with Crippen LogP contribution in [0.5, 0.6) is 0 Å². The SMILES string of the molecule is Cc1cccc(=O)n1CCC(=O)NCc1ccc(C(F)(F)F)cc1. The lowest BCUT2D eigenvalue weighted by Gasteiger charge is -2.10. The van der Waals surface area contributed by atoms with Gasteiger partial charge in [-0.3, -0.25) is 9.59 Å². The number of alkyl halides is 3. The summed E-state index contributed by atoms with van der Waals surface area (Å²) in [7, 11) is 0. The van der Waals surface area contributed by atoms with E-state index in [1.165, 1.54) is 22.8 Å². The van der Waals surface area contributed by atoms with E-state index >= 15 is 0 Å². The van der Waals surface area contributed by atoms with Gasteiger partial charge in [0.2, 0.25) is 5.91 Å². The van der Waals surface area contributed by atoms with Crippen molar-refractivity contribution in [3.05, 3.63) is 69.6 Å². The van der Waals surface area contributed by atoms with Gasteiger partial charge in [-0.15, -0.1) is 0 Å². The molecule has 0 fully saturated rings. The summed E-state index contributed by atoms with van der Waals surface area (Å²) in [4.78, 5) is 23.5. The van der Waals surface area contributed by atoms with Gasteiger partial charge in [-0.05, 0) is 30.7 Å². The summed E-state index contributed by atoms with van der Waals surface area (Å²) in [5, 5.41) is 2.63. The number of hydrogen-bond donors (Lipinski definition) is 1. The zero-order valence-electron chi connectivity index (χ0n) is 13.1. The molecule has 0 aliphatic rings. The molecule has 0 radical (unpaired) electrons. The third kappa shape index (κ3) is 4.71. The number of carbonyl (C=O) groups is 1. The second-order valence-corrected chi connectivity index (χ2v) is 5.38. The average Bonchev–Trinajstić information content (AvgIpc) is 2.52. The van der Waals surface area contributed by atoms with Crippen molar-refractivity contribution in [1.82, 2.24) is 9.88 Å². The third-order valence-corrected chi connectivity index (χ3v) is 3.60. The molecule has 0 aliphatic carbocycles. The highest BCUT2D eigenvalue weighted by Gasteiger charge is 2.29. The van der Waals surface area contributed by atoms with Crippen LogP contribution in [0.25, 0.3) is 0 Å². The number of nitrogens with one attached hydrogen (secondary N) is 1. The Morgan fingerprint density at radius 2 is 1.79 bits per heavy atom. The fraction of sp³-hybridized carbons (Fsp3) is 0.294. The van der Waals surface area contributed by atoms with Crippen LogP contribution in [0.2, 0.25) is 0 Å². The maximum Gasteiger partial charge on any atom is 0.416 e. The number of amides is 1. The number of carbonyl (C=O) groups excluding carboxylic acids is 1. The van der Waals surface area contributed by atoms with E-state index in [-0.39, 0.29) is 31.0 Å². The molecule has 0 atom stereocenters. The van der Waals surface area contributed by atoms with Crippen molar-refractivity contribution >= 4 is 5.91 Å². The first-order valence-electron chi connectivity index (χ1n) is 7.36. The second kappa shape index (κ2) is 7.33. The van der Waals surface area contributed by atoms with Gasteiger partial charge in [0.15, 0.2) is 0 Å². The Labute approximate surface area is 136 Å². The van der Waals surface area contributed by atoms with E-state index in [2.05, 4.69) is 5.32 Å². The van der Waals surface area contributed by atoms with Gasteiger partial charge in [-0.25, -0.2) is 0 Å². The Morgan fingerprint density at radius 1 is 1.12 bits per heavy atom. The lowest BCUT2D eigenvalue weighted by atomic mass is 10.1. The van der Waals surface area contributed by atoms with E-state index in [4.69, 9.17) is 0 Å². The first-order valence-corrected chi connectivity index (χ1v) is 7.36. The van der Waals surface area contributed by atoms with E-state index in [0.717, 1.165) is 17.8 Å². The van der Waals surface area contributed by atoms with Crippen molar-refractivity contribution in [3.63, 3.8) is 0 Å². The predicted molar refractivity (Wildman–Crippen MR) is 83.3 cm³/mol. The molecule has 7 heteroatoms. The van der Waals surface area contributed by atoms with Crippen LogP contribution in [-0.4, -0.2) is 10.5 Å². The Hall–Kier alpha value is -2.57. The quantitative estimate of drug-likeness (QED) is 0.911. The van der Waals surface area contributed by atoms with Crippen LogP contribution in [0.15, 0.2) is 47.3 Å². The van der Waals surface area contributed by atoms with Crippen molar-refractivity contribution in [2.24, 2.45) is 0 Å². The normalized spacial score (nSPS) is 11.3. The summed E-state index contributed by atoms with van der Waals surface area (Å²) >= 11 is 0. The minimum Gasteiger partial charge on any atom is -0.352 e. The highest BCUT2D eigenvalue weighted by molar-refractivity contribution is 5.75. The largest absolute Gasteiger partial charge is 0.416 e. The fourth-order valence-electron chi connectivity index (χ4n) is 2.22. The van der Waals surface area contributed by atoms with Gasteiger partial charge in [0, 0.05) is 31.3 Å². The first-order chi connectivity index (χ1) is 11.3. The van der Waals surface area contributed by atoms with Crippen molar-refractivity contribution < 1.29 is 18.0 Å². The van der Waals surface area contributed by atoms with E-state index < -0.39 is 11.7 Å². The van der Waals surface area contributed by atoms with Gasteiger partial charge in [0.25, 0.3) is 5.56 Å². The highest BCUT2D eigenvalue weighted by Crippen LogP contribution is 2.28. The molecule has 4 nitrogen and oxygen atoms in total. The summed E-state index contributed by atoms with van der Waals surface area (Å²) < 4.78 is 38.9. The minimum atomic E-state index is -4.37. The number of halogens is 3. The lowest BCUT2D eigenvalue weighted by molar-refractivity contribution is -0.137. The summed E-state index contributed by atoms with van der Waals surface area (Å²) in [6.45, 7) is 2.17. The molecule has 1 amide bonds. The summed E-state index contributed by atoms with van der Waals surface area (Å²) in [5.41, 5.74) is 0.435. The number of benzene rings is 1. The predicted octanol–water partition coefficient (Wildman–Crippen LogP) is 2.88. The summed E-state index contributed by atoms with van der Waals surface area (Å²) in [5.74, 6) is -0.273. The van der Waals surface area contributed by atoms with Crippen LogP contribution < -0.4 is 10.9 Å².